The van der Waals surface area contributed by atoms with E-state index in [4.69, 9.17) is 4.74 Å². The third-order valence-corrected chi connectivity index (χ3v) is 4.19. The van der Waals surface area contributed by atoms with E-state index in [1.54, 1.807) is 18.4 Å². The van der Waals surface area contributed by atoms with Crippen molar-refractivity contribution < 1.29 is 4.74 Å². The summed E-state index contributed by atoms with van der Waals surface area (Å²) in [5.41, 5.74) is 3.63. The Morgan fingerprint density at radius 1 is 1.50 bits per heavy atom. The van der Waals surface area contributed by atoms with Gasteiger partial charge in [-0.1, -0.05) is 6.92 Å². The van der Waals surface area contributed by atoms with E-state index in [0.717, 1.165) is 30.2 Å². The second kappa shape index (κ2) is 5.82. The molecule has 1 unspecified atom stereocenters. The lowest BCUT2D eigenvalue weighted by atomic mass is 10.2. The Balaban J connectivity index is 2.15. The van der Waals surface area contributed by atoms with Crippen LogP contribution in [0, 0.1) is 13.8 Å². The summed E-state index contributed by atoms with van der Waals surface area (Å²) in [6, 6.07) is 0.402. The lowest BCUT2D eigenvalue weighted by Crippen LogP contribution is -2.32. The topological polar surface area (TPSA) is 38.6 Å². The van der Waals surface area contributed by atoms with Gasteiger partial charge in [0, 0.05) is 30.8 Å². The third kappa shape index (κ3) is 2.58. The van der Waals surface area contributed by atoms with Gasteiger partial charge in [0.15, 0.2) is 4.96 Å². The highest BCUT2D eigenvalue weighted by Crippen LogP contribution is 2.20. The van der Waals surface area contributed by atoms with Crippen molar-refractivity contribution in [1.82, 2.24) is 14.7 Å². The number of methoxy groups -OCH3 is 1. The summed E-state index contributed by atoms with van der Waals surface area (Å²) in [6.45, 7) is 7.96. The molecule has 4 nitrogen and oxygen atoms in total. The number of nitrogens with one attached hydrogen (secondary N) is 1. The summed E-state index contributed by atoms with van der Waals surface area (Å²) in [5, 5.41) is 5.69. The first-order chi connectivity index (χ1) is 8.67. The number of thiazole rings is 1. The maximum atomic E-state index is 5.21. The van der Waals surface area contributed by atoms with Crippen molar-refractivity contribution in [3.05, 3.63) is 22.5 Å². The molecule has 100 valence electrons. The molecule has 0 aliphatic heterocycles. The quantitative estimate of drug-likeness (QED) is 0.874. The summed E-state index contributed by atoms with van der Waals surface area (Å²) in [6.07, 6.45) is 1.07. The zero-order valence-electron chi connectivity index (χ0n) is 11.5. The minimum atomic E-state index is 0.402. The molecule has 0 bridgehead atoms. The first kappa shape index (κ1) is 13.5. The van der Waals surface area contributed by atoms with Crippen LogP contribution in [0.15, 0.2) is 5.38 Å². The van der Waals surface area contributed by atoms with Crippen molar-refractivity contribution >= 4 is 16.3 Å². The highest BCUT2D eigenvalue weighted by atomic mass is 32.1. The van der Waals surface area contributed by atoms with Gasteiger partial charge in [-0.3, -0.25) is 4.40 Å². The van der Waals surface area contributed by atoms with E-state index < -0.39 is 0 Å². The Labute approximate surface area is 112 Å². The van der Waals surface area contributed by atoms with Crippen LogP contribution in [-0.2, 0) is 11.3 Å². The molecule has 2 rings (SSSR count). The SMILES string of the molecule is CCC(COC)NCc1c(C)nc2scc(C)n12. The molecule has 1 N–H and O–H groups in total. The van der Waals surface area contributed by atoms with Gasteiger partial charge in [0.25, 0.3) is 0 Å². The molecule has 0 saturated carbocycles. The fourth-order valence-corrected chi connectivity index (χ4v) is 3.07. The van der Waals surface area contributed by atoms with Gasteiger partial charge >= 0.3 is 0 Å². The molecule has 0 aromatic carbocycles. The van der Waals surface area contributed by atoms with Crippen molar-refractivity contribution in [2.45, 2.75) is 39.8 Å². The van der Waals surface area contributed by atoms with Crippen LogP contribution >= 0.6 is 11.3 Å². The predicted octanol–water partition coefficient (Wildman–Crippen LogP) is 2.53. The Bertz CT molecular complexity index is 518. The first-order valence-electron chi connectivity index (χ1n) is 6.31. The molecule has 2 heterocycles. The summed E-state index contributed by atoms with van der Waals surface area (Å²) in [5.74, 6) is 0. The lowest BCUT2D eigenvalue weighted by Gasteiger charge is -2.16. The summed E-state index contributed by atoms with van der Waals surface area (Å²) in [4.78, 5) is 5.68. The minimum absolute atomic E-state index is 0.402. The monoisotopic (exact) mass is 267 g/mol. The molecule has 0 aliphatic rings. The van der Waals surface area contributed by atoms with Crippen molar-refractivity contribution in [2.75, 3.05) is 13.7 Å². The molecule has 2 aromatic rings. The highest BCUT2D eigenvalue weighted by molar-refractivity contribution is 7.15. The molecule has 0 spiro atoms. The molecule has 0 aliphatic carbocycles. The van der Waals surface area contributed by atoms with E-state index >= 15 is 0 Å². The Hall–Kier alpha value is -0.910. The van der Waals surface area contributed by atoms with Crippen LogP contribution in [0.4, 0.5) is 0 Å². The van der Waals surface area contributed by atoms with E-state index in [1.165, 1.54) is 11.4 Å². The van der Waals surface area contributed by atoms with E-state index in [9.17, 15) is 0 Å². The van der Waals surface area contributed by atoms with Gasteiger partial charge in [0.2, 0.25) is 0 Å². The first-order valence-corrected chi connectivity index (χ1v) is 7.19. The fraction of sp³-hybridized carbons (Fsp3) is 0.615. The minimum Gasteiger partial charge on any atom is -0.383 e. The Kier molecular flexibility index (Phi) is 4.37. The molecule has 1 atom stereocenters. The number of ether oxygens (including phenoxy) is 1. The van der Waals surface area contributed by atoms with E-state index in [-0.39, 0.29) is 0 Å². The van der Waals surface area contributed by atoms with Crippen LogP contribution in [-0.4, -0.2) is 29.1 Å². The maximum Gasteiger partial charge on any atom is 0.194 e. The van der Waals surface area contributed by atoms with Crippen LogP contribution < -0.4 is 5.32 Å². The average molecular weight is 267 g/mol. The van der Waals surface area contributed by atoms with Crippen LogP contribution in [0.1, 0.15) is 30.4 Å². The average Bonchev–Trinajstić information content (AvgIpc) is 2.85. The van der Waals surface area contributed by atoms with Crippen LogP contribution in [0.2, 0.25) is 0 Å². The Morgan fingerprint density at radius 3 is 2.94 bits per heavy atom. The molecule has 0 amide bonds. The molecule has 5 heteroatoms. The zero-order chi connectivity index (χ0) is 13.1. The Morgan fingerprint density at radius 2 is 2.28 bits per heavy atom. The van der Waals surface area contributed by atoms with Gasteiger partial charge in [-0.05, 0) is 20.3 Å². The van der Waals surface area contributed by atoms with Gasteiger partial charge in [-0.25, -0.2) is 4.98 Å². The van der Waals surface area contributed by atoms with Crippen LogP contribution in [0.25, 0.3) is 4.96 Å². The lowest BCUT2D eigenvalue weighted by molar-refractivity contribution is 0.163. The van der Waals surface area contributed by atoms with Gasteiger partial charge in [-0.2, -0.15) is 0 Å². The second-order valence-corrected chi connectivity index (χ2v) is 5.42. The van der Waals surface area contributed by atoms with E-state index in [1.807, 2.05) is 0 Å². The molecule has 18 heavy (non-hydrogen) atoms. The second-order valence-electron chi connectivity index (χ2n) is 4.58. The molecule has 0 fully saturated rings. The number of aromatic nitrogens is 2. The van der Waals surface area contributed by atoms with Crippen molar-refractivity contribution in [2.24, 2.45) is 0 Å². The van der Waals surface area contributed by atoms with Crippen molar-refractivity contribution in [3.63, 3.8) is 0 Å². The van der Waals surface area contributed by atoms with Crippen molar-refractivity contribution in [1.29, 1.82) is 0 Å². The third-order valence-electron chi connectivity index (χ3n) is 3.25. The highest BCUT2D eigenvalue weighted by Gasteiger charge is 2.13. The fourth-order valence-electron chi connectivity index (χ4n) is 2.14. The predicted molar refractivity (Wildman–Crippen MR) is 75.3 cm³/mol. The number of imidazole rings is 1. The number of rotatable bonds is 6. The van der Waals surface area contributed by atoms with Crippen molar-refractivity contribution in [3.8, 4) is 0 Å². The summed E-state index contributed by atoms with van der Waals surface area (Å²) >= 11 is 1.70. The van der Waals surface area contributed by atoms with E-state index in [2.05, 4.69) is 40.9 Å². The molecule has 2 aromatic heterocycles. The number of fused-ring (bicyclic) bond motifs is 1. The summed E-state index contributed by atoms with van der Waals surface area (Å²) < 4.78 is 7.45. The molecule has 0 radical (unpaired) electrons. The normalized spacial score (nSPS) is 13.3. The van der Waals surface area contributed by atoms with Gasteiger partial charge in [0.1, 0.15) is 0 Å². The molecular formula is C13H21N3OS. The standard InChI is InChI=1S/C13H21N3OS/c1-5-11(7-17-4)14-6-12-10(3)15-13-16(12)9(2)8-18-13/h8,11,14H,5-7H2,1-4H3. The zero-order valence-corrected chi connectivity index (χ0v) is 12.3. The largest absolute Gasteiger partial charge is 0.383 e. The number of aryl methyl sites for hydroxylation is 2. The number of hydrogen-bond donors (Lipinski definition) is 1. The van der Waals surface area contributed by atoms with Crippen LogP contribution in [0.3, 0.4) is 0 Å². The smallest absolute Gasteiger partial charge is 0.194 e. The molecule has 0 saturated heterocycles. The van der Waals surface area contributed by atoms with Gasteiger partial charge in [0.05, 0.1) is 18.0 Å². The van der Waals surface area contributed by atoms with Gasteiger partial charge < -0.3 is 10.1 Å². The summed E-state index contributed by atoms with van der Waals surface area (Å²) in [7, 11) is 1.75. The van der Waals surface area contributed by atoms with Crippen LogP contribution in [0.5, 0.6) is 0 Å². The van der Waals surface area contributed by atoms with E-state index in [0.29, 0.717) is 6.04 Å². The van der Waals surface area contributed by atoms with Gasteiger partial charge in [-0.15, -0.1) is 11.3 Å². The maximum absolute atomic E-state index is 5.21. The molecular weight excluding hydrogens is 246 g/mol. The number of nitrogens with zero attached hydrogens (tertiary/aromatic N) is 2. The number of hydrogen-bond acceptors (Lipinski definition) is 4.